The Balaban J connectivity index is 2.04. The first-order valence-corrected chi connectivity index (χ1v) is 6.76. The number of carbonyl (C=O) groups is 1. The topological polar surface area (TPSA) is 50.8 Å². The molecular formula is C14H17F3N2O3. The van der Waals surface area contributed by atoms with Gasteiger partial charge in [0.05, 0.1) is 13.2 Å². The number of nitrogens with one attached hydrogen (secondary N) is 1. The molecule has 1 aromatic rings. The molecular weight excluding hydrogens is 301 g/mol. The van der Waals surface area contributed by atoms with Crippen molar-refractivity contribution in [1.29, 1.82) is 0 Å². The van der Waals surface area contributed by atoms with Gasteiger partial charge in [-0.3, -0.25) is 4.79 Å². The van der Waals surface area contributed by atoms with Crippen molar-refractivity contribution in [1.82, 2.24) is 10.2 Å². The molecule has 1 atom stereocenters. The van der Waals surface area contributed by atoms with Crippen LogP contribution >= 0.6 is 0 Å². The zero-order valence-electron chi connectivity index (χ0n) is 12.0. The number of rotatable bonds is 4. The lowest BCUT2D eigenvalue weighted by Crippen LogP contribution is -2.51. The third-order valence-corrected chi connectivity index (χ3v) is 3.20. The normalized spacial score (nSPS) is 18.8. The molecule has 2 rings (SSSR count). The molecule has 1 aromatic carbocycles. The first-order valence-electron chi connectivity index (χ1n) is 6.76. The SMILES string of the molecule is CN(Cc1ccccc1OC(F)(F)F)C(=O)C1COCCN1. The summed E-state index contributed by atoms with van der Waals surface area (Å²) in [6, 6.07) is 5.29. The average molecular weight is 318 g/mol. The molecule has 0 saturated carbocycles. The number of amides is 1. The maximum Gasteiger partial charge on any atom is 0.573 e. The molecule has 8 heteroatoms. The van der Waals surface area contributed by atoms with Crippen LogP contribution in [0.5, 0.6) is 5.75 Å². The van der Waals surface area contributed by atoms with Gasteiger partial charge in [0.15, 0.2) is 0 Å². The zero-order valence-corrected chi connectivity index (χ0v) is 12.0. The summed E-state index contributed by atoms with van der Waals surface area (Å²) in [5.74, 6) is -0.538. The van der Waals surface area contributed by atoms with Crippen molar-refractivity contribution in [2.75, 3.05) is 26.8 Å². The molecule has 1 fully saturated rings. The van der Waals surface area contributed by atoms with Crippen LogP contribution in [0.4, 0.5) is 13.2 Å². The molecule has 1 unspecified atom stereocenters. The van der Waals surface area contributed by atoms with E-state index in [-0.39, 0.29) is 30.4 Å². The highest BCUT2D eigenvalue weighted by atomic mass is 19.4. The second kappa shape index (κ2) is 6.97. The highest BCUT2D eigenvalue weighted by Crippen LogP contribution is 2.27. The maximum atomic E-state index is 12.4. The number of hydrogen-bond acceptors (Lipinski definition) is 4. The molecule has 5 nitrogen and oxygen atoms in total. The second-order valence-electron chi connectivity index (χ2n) is 4.93. The maximum absolute atomic E-state index is 12.4. The fraction of sp³-hybridized carbons (Fsp3) is 0.500. The Labute approximate surface area is 126 Å². The van der Waals surface area contributed by atoms with Crippen molar-refractivity contribution >= 4 is 5.91 Å². The summed E-state index contributed by atoms with van der Waals surface area (Å²) < 4.78 is 46.3. The number of carbonyl (C=O) groups excluding carboxylic acids is 1. The average Bonchev–Trinajstić information content (AvgIpc) is 2.48. The molecule has 0 aliphatic carbocycles. The molecule has 22 heavy (non-hydrogen) atoms. The molecule has 122 valence electrons. The van der Waals surface area contributed by atoms with Gasteiger partial charge in [0.1, 0.15) is 11.8 Å². The lowest BCUT2D eigenvalue weighted by atomic mass is 10.1. The van der Waals surface area contributed by atoms with E-state index in [1.165, 1.54) is 30.1 Å². The van der Waals surface area contributed by atoms with E-state index in [4.69, 9.17) is 4.74 Å². The summed E-state index contributed by atoms with van der Waals surface area (Å²) in [7, 11) is 1.53. The van der Waals surface area contributed by atoms with Crippen LogP contribution in [0, 0.1) is 0 Å². The van der Waals surface area contributed by atoms with E-state index in [9.17, 15) is 18.0 Å². The van der Waals surface area contributed by atoms with E-state index >= 15 is 0 Å². The van der Waals surface area contributed by atoms with E-state index in [1.54, 1.807) is 6.07 Å². The van der Waals surface area contributed by atoms with E-state index in [2.05, 4.69) is 10.1 Å². The van der Waals surface area contributed by atoms with Gasteiger partial charge in [0.25, 0.3) is 0 Å². The number of morpholine rings is 1. The number of hydrogen-bond donors (Lipinski definition) is 1. The molecule has 0 bridgehead atoms. The van der Waals surface area contributed by atoms with Crippen LogP contribution < -0.4 is 10.1 Å². The Morgan fingerprint density at radius 3 is 2.82 bits per heavy atom. The number of ether oxygens (including phenoxy) is 2. The summed E-state index contributed by atoms with van der Waals surface area (Å²) >= 11 is 0. The number of halogens is 3. The Kier molecular flexibility index (Phi) is 5.25. The Morgan fingerprint density at radius 2 is 2.18 bits per heavy atom. The Hall–Kier alpha value is -1.80. The minimum atomic E-state index is -4.77. The third kappa shape index (κ3) is 4.60. The van der Waals surface area contributed by atoms with Crippen molar-refractivity contribution in [3.05, 3.63) is 29.8 Å². The number of benzene rings is 1. The fourth-order valence-electron chi connectivity index (χ4n) is 2.18. The third-order valence-electron chi connectivity index (χ3n) is 3.20. The molecule has 0 aromatic heterocycles. The highest BCUT2D eigenvalue weighted by molar-refractivity contribution is 5.82. The molecule has 1 amide bonds. The Bertz CT molecular complexity index is 516. The number of nitrogens with zero attached hydrogens (tertiary/aromatic N) is 1. The van der Waals surface area contributed by atoms with Crippen LogP contribution in [-0.4, -0.2) is 50.0 Å². The van der Waals surface area contributed by atoms with Gasteiger partial charge in [-0.05, 0) is 6.07 Å². The molecule has 0 radical (unpaired) electrons. The van der Waals surface area contributed by atoms with Crippen LogP contribution in [0.3, 0.4) is 0 Å². The van der Waals surface area contributed by atoms with Gasteiger partial charge in [-0.2, -0.15) is 0 Å². The molecule has 1 aliphatic heterocycles. The smallest absolute Gasteiger partial charge is 0.405 e. The number of likely N-dealkylation sites (N-methyl/N-ethyl adjacent to an activating group) is 1. The first-order chi connectivity index (χ1) is 10.4. The zero-order chi connectivity index (χ0) is 16.2. The van der Waals surface area contributed by atoms with E-state index in [0.717, 1.165) is 0 Å². The van der Waals surface area contributed by atoms with Crippen LogP contribution in [0.15, 0.2) is 24.3 Å². The van der Waals surface area contributed by atoms with Crippen molar-refractivity contribution in [2.24, 2.45) is 0 Å². The van der Waals surface area contributed by atoms with Crippen molar-refractivity contribution in [3.63, 3.8) is 0 Å². The van der Waals surface area contributed by atoms with Gasteiger partial charge in [0.2, 0.25) is 5.91 Å². The number of alkyl halides is 3. The summed E-state index contributed by atoms with van der Waals surface area (Å²) in [6.07, 6.45) is -4.77. The predicted molar refractivity (Wildman–Crippen MR) is 72.2 cm³/mol. The largest absolute Gasteiger partial charge is 0.573 e. The van der Waals surface area contributed by atoms with Gasteiger partial charge in [-0.1, -0.05) is 18.2 Å². The fourth-order valence-corrected chi connectivity index (χ4v) is 2.18. The van der Waals surface area contributed by atoms with E-state index in [1.807, 2.05) is 0 Å². The lowest BCUT2D eigenvalue weighted by molar-refractivity contribution is -0.275. The van der Waals surface area contributed by atoms with Crippen molar-refractivity contribution in [2.45, 2.75) is 18.9 Å². The standard InChI is InChI=1S/C14H17F3N2O3/c1-19(13(20)11-9-21-7-6-18-11)8-10-4-2-3-5-12(10)22-14(15,16)17/h2-5,11,18H,6-9H2,1H3. The Morgan fingerprint density at radius 1 is 1.45 bits per heavy atom. The molecule has 1 saturated heterocycles. The van der Waals surface area contributed by atoms with Gasteiger partial charge < -0.3 is 19.7 Å². The molecule has 1 N–H and O–H groups in total. The van der Waals surface area contributed by atoms with Gasteiger partial charge in [0, 0.05) is 25.7 Å². The minimum absolute atomic E-state index is 0.0171. The van der Waals surface area contributed by atoms with E-state index in [0.29, 0.717) is 13.2 Å². The van der Waals surface area contributed by atoms with Crippen molar-refractivity contribution in [3.8, 4) is 5.75 Å². The van der Waals surface area contributed by atoms with Gasteiger partial charge >= 0.3 is 6.36 Å². The van der Waals surface area contributed by atoms with Gasteiger partial charge in [-0.15, -0.1) is 13.2 Å². The minimum Gasteiger partial charge on any atom is -0.405 e. The number of para-hydroxylation sites is 1. The quantitative estimate of drug-likeness (QED) is 0.915. The molecule has 1 heterocycles. The lowest BCUT2D eigenvalue weighted by Gasteiger charge is -2.28. The molecule has 1 aliphatic rings. The van der Waals surface area contributed by atoms with Crippen LogP contribution in [0.25, 0.3) is 0 Å². The summed E-state index contributed by atoms with van der Waals surface area (Å²) in [6.45, 7) is 1.38. The second-order valence-corrected chi connectivity index (χ2v) is 4.93. The van der Waals surface area contributed by atoms with Crippen molar-refractivity contribution < 1.29 is 27.4 Å². The van der Waals surface area contributed by atoms with Crippen LogP contribution in [0.1, 0.15) is 5.56 Å². The first kappa shape index (κ1) is 16.6. The highest BCUT2D eigenvalue weighted by Gasteiger charge is 2.32. The predicted octanol–water partition coefficient (Wildman–Crippen LogP) is 1.53. The summed E-state index contributed by atoms with van der Waals surface area (Å²) in [5.41, 5.74) is 0.285. The van der Waals surface area contributed by atoms with Crippen LogP contribution in [-0.2, 0) is 16.1 Å². The van der Waals surface area contributed by atoms with E-state index < -0.39 is 12.4 Å². The molecule has 0 spiro atoms. The van der Waals surface area contributed by atoms with Crippen LogP contribution in [0.2, 0.25) is 0 Å². The monoisotopic (exact) mass is 318 g/mol. The summed E-state index contributed by atoms with van der Waals surface area (Å²) in [4.78, 5) is 13.6. The van der Waals surface area contributed by atoms with Gasteiger partial charge in [-0.25, -0.2) is 0 Å². The summed E-state index contributed by atoms with van der Waals surface area (Å²) in [5, 5.41) is 3.01.